The van der Waals surface area contributed by atoms with Gasteiger partial charge in [-0.05, 0) is 50.0 Å². The zero-order valence-corrected chi connectivity index (χ0v) is 14.0. The van der Waals surface area contributed by atoms with Crippen LogP contribution in [0.25, 0.3) is 0 Å². The maximum absolute atomic E-state index is 11.8. The number of carbonyl (C=O) groups is 1. The Morgan fingerprint density at radius 2 is 1.94 bits per heavy atom. The molecular weight excluding hydrogens is 312 g/mol. The molecule has 0 heterocycles. The lowest BCUT2D eigenvalue weighted by Crippen LogP contribution is -2.51. The first-order valence-corrected chi connectivity index (χ1v) is 7.95. The van der Waals surface area contributed by atoms with Crippen LogP contribution in [0.1, 0.15) is 53.4 Å². The molecule has 0 aromatic rings. The van der Waals surface area contributed by atoms with E-state index in [0.717, 1.165) is 19.3 Å². The van der Waals surface area contributed by atoms with Crippen molar-refractivity contribution >= 4 is 33.3 Å². The lowest BCUT2D eigenvalue weighted by Gasteiger charge is -2.56. The molecule has 0 N–H and O–H groups in total. The summed E-state index contributed by atoms with van der Waals surface area (Å²) >= 11 is 10.3. The van der Waals surface area contributed by atoms with Gasteiger partial charge < -0.3 is 0 Å². The van der Waals surface area contributed by atoms with Crippen molar-refractivity contribution in [3.63, 3.8) is 0 Å². The lowest BCUT2D eigenvalue weighted by molar-refractivity contribution is -0.120. The van der Waals surface area contributed by atoms with E-state index in [1.54, 1.807) is 0 Å². The quantitative estimate of drug-likeness (QED) is 0.578. The van der Waals surface area contributed by atoms with Crippen LogP contribution in [-0.4, -0.2) is 15.5 Å². The Labute approximate surface area is 123 Å². The van der Waals surface area contributed by atoms with Crippen LogP contribution in [0.2, 0.25) is 0 Å². The molecule has 0 radical (unpaired) electrons. The predicted molar refractivity (Wildman–Crippen MR) is 80.4 cm³/mol. The molecule has 0 amide bonds. The highest BCUT2D eigenvalue weighted by Crippen LogP contribution is 2.61. The first-order valence-electron chi connectivity index (χ1n) is 6.65. The molecule has 3 unspecified atom stereocenters. The van der Waals surface area contributed by atoms with Gasteiger partial charge in [-0.15, -0.1) is 11.6 Å². The van der Waals surface area contributed by atoms with Crippen LogP contribution in [0.15, 0.2) is 11.6 Å². The standard InChI is InChI=1S/C15H22BrClO/c1-10-7-11(18)8-13(2,3)15(10)6-5-14(4,17)12(16)9-15/h7,12H,5-6,8-9H2,1-4H3. The smallest absolute Gasteiger partial charge is 0.156 e. The summed E-state index contributed by atoms with van der Waals surface area (Å²) in [6, 6.07) is 0. The second-order valence-electron chi connectivity index (χ2n) is 6.89. The van der Waals surface area contributed by atoms with Crippen LogP contribution >= 0.6 is 27.5 Å². The Bertz CT molecular complexity index is 411. The van der Waals surface area contributed by atoms with Crippen LogP contribution in [0.3, 0.4) is 0 Å². The minimum absolute atomic E-state index is 0.0301. The van der Waals surface area contributed by atoms with Gasteiger partial charge in [0.05, 0.1) is 4.87 Å². The maximum Gasteiger partial charge on any atom is 0.156 e. The predicted octanol–water partition coefficient (Wildman–Crippen LogP) is 4.86. The normalized spacial score (nSPS) is 44.0. The van der Waals surface area contributed by atoms with Gasteiger partial charge in [-0.3, -0.25) is 4.79 Å². The summed E-state index contributed by atoms with van der Waals surface area (Å²) in [5.74, 6) is 0.272. The third-order valence-electron chi connectivity index (χ3n) is 5.27. The van der Waals surface area contributed by atoms with Gasteiger partial charge in [0.2, 0.25) is 0 Å². The maximum atomic E-state index is 11.8. The highest BCUT2D eigenvalue weighted by molar-refractivity contribution is 9.09. The van der Waals surface area contributed by atoms with Crippen molar-refractivity contribution in [3.8, 4) is 0 Å². The SMILES string of the molecule is CC1=CC(=O)CC(C)(C)C12CCC(C)(Cl)C(Br)C2. The Balaban J connectivity index is 2.42. The molecule has 1 spiro atoms. The number of hydrogen-bond acceptors (Lipinski definition) is 1. The zero-order chi connectivity index (χ0) is 13.8. The van der Waals surface area contributed by atoms with Crippen molar-refractivity contribution in [2.24, 2.45) is 10.8 Å². The molecule has 2 aliphatic carbocycles. The van der Waals surface area contributed by atoms with E-state index < -0.39 is 0 Å². The van der Waals surface area contributed by atoms with Crippen molar-refractivity contribution < 1.29 is 4.79 Å². The van der Waals surface area contributed by atoms with Crippen molar-refractivity contribution in [1.82, 2.24) is 0 Å². The first-order chi connectivity index (χ1) is 8.11. The van der Waals surface area contributed by atoms with E-state index in [4.69, 9.17) is 11.6 Å². The molecule has 0 bridgehead atoms. The fraction of sp³-hybridized carbons (Fsp3) is 0.800. The van der Waals surface area contributed by atoms with E-state index in [2.05, 4.69) is 43.6 Å². The molecule has 18 heavy (non-hydrogen) atoms. The highest BCUT2D eigenvalue weighted by Gasteiger charge is 2.55. The molecule has 3 atom stereocenters. The van der Waals surface area contributed by atoms with Crippen molar-refractivity contribution in [1.29, 1.82) is 0 Å². The molecule has 2 rings (SSSR count). The molecule has 3 heteroatoms. The van der Waals surface area contributed by atoms with Crippen molar-refractivity contribution in [3.05, 3.63) is 11.6 Å². The number of carbonyl (C=O) groups excluding carboxylic acids is 1. The molecule has 0 saturated heterocycles. The summed E-state index contributed by atoms with van der Waals surface area (Å²) in [6.45, 7) is 8.70. The third kappa shape index (κ3) is 2.10. The van der Waals surface area contributed by atoms with Crippen LogP contribution in [0.5, 0.6) is 0 Å². The summed E-state index contributed by atoms with van der Waals surface area (Å²) in [5.41, 5.74) is 1.41. The monoisotopic (exact) mass is 332 g/mol. The highest BCUT2D eigenvalue weighted by atomic mass is 79.9. The molecule has 1 nitrogen and oxygen atoms in total. The summed E-state index contributed by atoms with van der Waals surface area (Å²) < 4.78 is 0. The van der Waals surface area contributed by atoms with E-state index in [1.807, 2.05) is 6.08 Å². The van der Waals surface area contributed by atoms with Gasteiger partial charge in [-0.1, -0.05) is 35.4 Å². The van der Waals surface area contributed by atoms with Gasteiger partial charge >= 0.3 is 0 Å². The van der Waals surface area contributed by atoms with E-state index in [1.165, 1.54) is 5.57 Å². The molecule has 2 aliphatic rings. The lowest BCUT2D eigenvalue weighted by atomic mass is 9.51. The van der Waals surface area contributed by atoms with Crippen LogP contribution in [0, 0.1) is 10.8 Å². The average molecular weight is 334 g/mol. The Morgan fingerprint density at radius 1 is 1.33 bits per heavy atom. The van der Waals surface area contributed by atoms with Crippen LogP contribution < -0.4 is 0 Å². The first kappa shape index (κ1) is 14.6. The summed E-state index contributed by atoms with van der Waals surface area (Å²) in [6.07, 6.45) is 5.62. The van der Waals surface area contributed by atoms with Gasteiger partial charge in [0.1, 0.15) is 0 Å². The van der Waals surface area contributed by atoms with E-state index in [9.17, 15) is 4.79 Å². The second kappa shape index (κ2) is 4.34. The fourth-order valence-electron chi connectivity index (χ4n) is 3.78. The van der Waals surface area contributed by atoms with Crippen molar-refractivity contribution in [2.45, 2.75) is 63.1 Å². The van der Waals surface area contributed by atoms with Gasteiger partial charge in [0.15, 0.2) is 5.78 Å². The number of halogens is 2. The Kier molecular flexibility index (Phi) is 3.52. The van der Waals surface area contributed by atoms with Gasteiger partial charge in [0.25, 0.3) is 0 Å². The fourth-order valence-corrected chi connectivity index (χ4v) is 4.73. The van der Waals surface area contributed by atoms with Crippen LogP contribution in [0.4, 0.5) is 0 Å². The molecular formula is C15H22BrClO. The van der Waals surface area contributed by atoms with E-state index in [0.29, 0.717) is 11.2 Å². The number of rotatable bonds is 0. The van der Waals surface area contributed by atoms with Gasteiger partial charge in [0, 0.05) is 11.2 Å². The number of hydrogen-bond donors (Lipinski definition) is 0. The Morgan fingerprint density at radius 3 is 2.44 bits per heavy atom. The molecule has 102 valence electrons. The molecule has 0 aromatic heterocycles. The largest absolute Gasteiger partial charge is 0.295 e. The minimum Gasteiger partial charge on any atom is -0.295 e. The number of allylic oxidation sites excluding steroid dienone is 2. The topological polar surface area (TPSA) is 17.1 Å². The minimum atomic E-state index is -0.164. The van der Waals surface area contributed by atoms with Gasteiger partial charge in [-0.25, -0.2) is 0 Å². The zero-order valence-electron chi connectivity index (χ0n) is 11.6. The molecule has 1 fully saturated rings. The number of ketones is 1. The van der Waals surface area contributed by atoms with Crippen LogP contribution in [-0.2, 0) is 4.79 Å². The summed E-state index contributed by atoms with van der Waals surface area (Å²) in [4.78, 5) is 11.9. The molecule has 0 aliphatic heterocycles. The number of alkyl halides is 2. The van der Waals surface area contributed by atoms with Crippen molar-refractivity contribution in [2.75, 3.05) is 0 Å². The van der Waals surface area contributed by atoms with E-state index in [-0.39, 0.29) is 21.5 Å². The van der Waals surface area contributed by atoms with E-state index >= 15 is 0 Å². The molecule has 1 saturated carbocycles. The van der Waals surface area contributed by atoms with Gasteiger partial charge in [-0.2, -0.15) is 0 Å². The second-order valence-corrected chi connectivity index (χ2v) is 8.85. The Hall–Kier alpha value is 0.180. The third-order valence-corrected chi connectivity index (χ3v) is 7.32. The summed E-state index contributed by atoms with van der Waals surface area (Å²) in [5, 5.41) is 0. The molecule has 0 aromatic carbocycles. The average Bonchev–Trinajstić information content (AvgIpc) is 2.19. The summed E-state index contributed by atoms with van der Waals surface area (Å²) in [7, 11) is 0.